The summed E-state index contributed by atoms with van der Waals surface area (Å²) in [5.41, 5.74) is 1.15. The second-order valence-electron chi connectivity index (χ2n) is 6.95. The third-order valence-electron chi connectivity index (χ3n) is 5.04. The zero-order valence-corrected chi connectivity index (χ0v) is 16.6. The molecule has 1 aliphatic rings. The first-order chi connectivity index (χ1) is 14.1. The van der Waals surface area contributed by atoms with Crippen LogP contribution in [0, 0.1) is 0 Å². The summed E-state index contributed by atoms with van der Waals surface area (Å²) in [7, 11) is 0. The van der Waals surface area contributed by atoms with E-state index in [9.17, 15) is 9.59 Å². The van der Waals surface area contributed by atoms with E-state index in [-0.39, 0.29) is 11.9 Å². The first kappa shape index (κ1) is 19.2. The Morgan fingerprint density at radius 1 is 0.897 bits per heavy atom. The van der Waals surface area contributed by atoms with Crippen LogP contribution in [0.15, 0.2) is 60.8 Å². The summed E-state index contributed by atoms with van der Waals surface area (Å²) in [6, 6.07) is 16.5. The minimum Gasteiger partial charge on any atom is -0.335 e. The molecule has 1 aliphatic heterocycles. The minimum atomic E-state index is -0.176. The highest BCUT2D eigenvalue weighted by Gasteiger charge is 2.24. The van der Waals surface area contributed by atoms with Gasteiger partial charge in [-0.25, -0.2) is 4.79 Å². The maximum atomic E-state index is 13.1. The molecule has 0 aliphatic carbocycles. The first-order valence-electron chi connectivity index (χ1n) is 9.56. The highest BCUT2D eigenvalue weighted by Crippen LogP contribution is 2.19. The molecule has 0 bridgehead atoms. The fraction of sp³-hybridized carbons (Fsp3) is 0.227. The Hall–Kier alpha value is -3.12. The van der Waals surface area contributed by atoms with E-state index in [0.29, 0.717) is 49.0 Å². The molecule has 7 heteroatoms. The maximum absolute atomic E-state index is 13.1. The highest BCUT2D eigenvalue weighted by atomic mass is 35.5. The van der Waals surface area contributed by atoms with Gasteiger partial charge in [-0.1, -0.05) is 35.9 Å². The Bertz CT molecular complexity index is 1030. The number of benzene rings is 2. The van der Waals surface area contributed by atoms with Gasteiger partial charge in [-0.2, -0.15) is 0 Å². The molecule has 3 aromatic rings. The van der Waals surface area contributed by atoms with Crippen LogP contribution in [0.2, 0.25) is 5.02 Å². The Morgan fingerprint density at radius 2 is 1.62 bits per heavy atom. The average Bonchev–Trinajstić information content (AvgIpc) is 3.01. The number of hydrogen-bond donors (Lipinski definition) is 1. The van der Waals surface area contributed by atoms with Crippen LogP contribution in [0.25, 0.3) is 10.8 Å². The van der Waals surface area contributed by atoms with Crippen molar-refractivity contribution in [3.63, 3.8) is 0 Å². The van der Waals surface area contributed by atoms with E-state index in [1.807, 2.05) is 30.3 Å². The first-order valence-corrected chi connectivity index (χ1v) is 9.94. The van der Waals surface area contributed by atoms with Gasteiger partial charge in [-0.15, -0.1) is 0 Å². The van der Waals surface area contributed by atoms with Crippen molar-refractivity contribution in [2.24, 2.45) is 0 Å². The van der Waals surface area contributed by atoms with Gasteiger partial charge in [0.2, 0.25) is 0 Å². The van der Waals surface area contributed by atoms with Gasteiger partial charge < -0.3 is 15.1 Å². The van der Waals surface area contributed by atoms with Crippen LogP contribution in [0.5, 0.6) is 0 Å². The van der Waals surface area contributed by atoms with E-state index in [1.165, 1.54) is 0 Å². The summed E-state index contributed by atoms with van der Waals surface area (Å²) < 4.78 is 0. The van der Waals surface area contributed by atoms with Gasteiger partial charge in [0.25, 0.3) is 5.91 Å². The van der Waals surface area contributed by atoms with Crippen LogP contribution in [-0.4, -0.2) is 52.9 Å². The van der Waals surface area contributed by atoms with Gasteiger partial charge in [0.15, 0.2) is 0 Å². The number of nitrogens with zero attached hydrogens (tertiary/aromatic N) is 3. The molecule has 3 amide bonds. The Kier molecular flexibility index (Phi) is 5.62. The van der Waals surface area contributed by atoms with E-state index in [2.05, 4.69) is 10.3 Å². The predicted octanol–water partition coefficient (Wildman–Crippen LogP) is 4.27. The summed E-state index contributed by atoms with van der Waals surface area (Å²) >= 11 is 5.89. The Labute approximate surface area is 174 Å². The molecule has 2 heterocycles. The molecule has 1 fully saturated rings. The molecule has 0 radical (unpaired) electrons. The predicted molar refractivity (Wildman–Crippen MR) is 114 cm³/mol. The monoisotopic (exact) mass is 408 g/mol. The number of urea groups is 1. The smallest absolute Gasteiger partial charge is 0.321 e. The molecule has 1 saturated heterocycles. The van der Waals surface area contributed by atoms with E-state index in [0.717, 1.165) is 10.8 Å². The standard InChI is InChI=1S/C22H21ClN4O2/c23-17-6-8-18(9-7-17)25-22(29)27-13-3-12-26(14-15-27)21(28)20-19-5-2-1-4-16(19)10-11-24-20/h1-2,4-11H,3,12-15H2,(H,25,29). The number of nitrogens with one attached hydrogen (secondary N) is 1. The number of amides is 3. The molecular weight excluding hydrogens is 388 g/mol. The zero-order valence-electron chi connectivity index (χ0n) is 15.8. The largest absolute Gasteiger partial charge is 0.335 e. The molecule has 0 spiro atoms. The van der Waals surface area contributed by atoms with Crippen molar-refractivity contribution in [3.8, 4) is 0 Å². The lowest BCUT2D eigenvalue weighted by Gasteiger charge is -2.22. The SMILES string of the molecule is O=C(Nc1ccc(Cl)cc1)N1CCCN(C(=O)c2nccc3ccccc23)CC1. The second-order valence-corrected chi connectivity index (χ2v) is 7.39. The number of pyridine rings is 1. The van der Waals surface area contributed by atoms with E-state index in [1.54, 1.807) is 40.3 Å². The fourth-order valence-corrected chi connectivity index (χ4v) is 3.63. The zero-order chi connectivity index (χ0) is 20.2. The van der Waals surface area contributed by atoms with Crippen molar-refractivity contribution in [1.82, 2.24) is 14.8 Å². The molecule has 0 saturated carbocycles. The third-order valence-corrected chi connectivity index (χ3v) is 5.29. The molecule has 29 heavy (non-hydrogen) atoms. The molecule has 1 N–H and O–H groups in total. The molecule has 148 valence electrons. The lowest BCUT2D eigenvalue weighted by atomic mass is 10.1. The molecule has 2 aromatic carbocycles. The van der Waals surface area contributed by atoms with Crippen molar-refractivity contribution in [1.29, 1.82) is 0 Å². The number of rotatable bonds is 2. The number of carbonyl (C=O) groups excluding carboxylic acids is 2. The Balaban J connectivity index is 1.43. The molecule has 6 nitrogen and oxygen atoms in total. The number of fused-ring (bicyclic) bond motifs is 1. The number of hydrogen-bond acceptors (Lipinski definition) is 3. The summed E-state index contributed by atoms with van der Waals surface area (Å²) in [4.78, 5) is 33.5. The van der Waals surface area contributed by atoms with Crippen molar-refractivity contribution < 1.29 is 9.59 Å². The third kappa shape index (κ3) is 4.32. The quantitative estimate of drug-likeness (QED) is 0.688. The van der Waals surface area contributed by atoms with E-state index < -0.39 is 0 Å². The number of halogens is 1. The molecule has 0 unspecified atom stereocenters. The van der Waals surface area contributed by atoms with Crippen molar-refractivity contribution in [3.05, 3.63) is 71.5 Å². The second kappa shape index (κ2) is 8.49. The molecule has 0 atom stereocenters. The Morgan fingerprint density at radius 3 is 2.45 bits per heavy atom. The molecule has 4 rings (SSSR count). The summed E-state index contributed by atoms with van der Waals surface area (Å²) in [6.45, 7) is 2.12. The van der Waals surface area contributed by atoms with Crippen LogP contribution in [0.4, 0.5) is 10.5 Å². The fourth-order valence-electron chi connectivity index (χ4n) is 3.50. The van der Waals surface area contributed by atoms with Crippen LogP contribution in [0.1, 0.15) is 16.9 Å². The van der Waals surface area contributed by atoms with Gasteiger partial charge in [-0.05, 0) is 42.1 Å². The van der Waals surface area contributed by atoms with Gasteiger partial charge >= 0.3 is 6.03 Å². The van der Waals surface area contributed by atoms with Crippen LogP contribution in [0.3, 0.4) is 0 Å². The van der Waals surface area contributed by atoms with Gasteiger partial charge in [0, 0.05) is 48.5 Å². The normalized spacial score (nSPS) is 14.5. The van der Waals surface area contributed by atoms with Crippen LogP contribution < -0.4 is 5.32 Å². The summed E-state index contributed by atoms with van der Waals surface area (Å²) in [6.07, 6.45) is 2.38. The number of carbonyl (C=O) groups is 2. The topological polar surface area (TPSA) is 65.5 Å². The average molecular weight is 409 g/mol. The summed E-state index contributed by atoms with van der Waals surface area (Å²) in [5.74, 6) is -0.0956. The summed E-state index contributed by atoms with van der Waals surface area (Å²) in [5, 5.41) is 5.34. The number of anilines is 1. The van der Waals surface area contributed by atoms with Gasteiger partial charge in [0.1, 0.15) is 5.69 Å². The van der Waals surface area contributed by atoms with Crippen LogP contribution in [-0.2, 0) is 0 Å². The molecule has 1 aromatic heterocycles. The lowest BCUT2D eigenvalue weighted by molar-refractivity contribution is 0.0759. The van der Waals surface area contributed by atoms with Crippen molar-refractivity contribution in [2.45, 2.75) is 6.42 Å². The van der Waals surface area contributed by atoms with Crippen LogP contribution >= 0.6 is 11.6 Å². The van der Waals surface area contributed by atoms with Crippen molar-refractivity contribution >= 4 is 40.0 Å². The van der Waals surface area contributed by atoms with Crippen molar-refractivity contribution in [2.75, 3.05) is 31.5 Å². The minimum absolute atomic E-state index is 0.0956. The van der Waals surface area contributed by atoms with E-state index in [4.69, 9.17) is 11.6 Å². The van der Waals surface area contributed by atoms with Gasteiger partial charge in [-0.3, -0.25) is 9.78 Å². The highest BCUT2D eigenvalue weighted by molar-refractivity contribution is 6.30. The lowest BCUT2D eigenvalue weighted by Crippen LogP contribution is -2.39. The molecular formula is C22H21ClN4O2. The number of aromatic nitrogens is 1. The maximum Gasteiger partial charge on any atom is 0.321 e. The van der Waals surface area contributed by atoms with Gasteiger partial charge in [0.05, 0.1) is 0 Å². The van der Waals surface area contributed by atoms with E-state index >= 15 is 0 Å².